The van der Waals surface area contributed by atoms with Crippen molar-refractivity contribution in [3.63, 3.8) is 0 Å². The number of aliphatic hydroxyl groups is 1. The molecule has 1 aliphatic heterocycles. The number of benzene rings is 1. The average molecular weight is 314 g/mol. The molecule has 0 radical (unpaired) electrons. The molecule has 2 unspecified atom stereocenters. The first-order valence-corrected chi connectivity index (χ1v) is 8.01. The van der Waals surface area contributed by atoms with E-state index in [9.17, 15) is 9.90 Å². The standard InChI is InChI=1S/C17H22N4O2/c1-12(22)15-5-3-4-10-21(15)17(23)14-8-6-13(7-9-14)16-18-11-20(2)19-16/h6-9,11-12,15,22H,3-5,10H2,1-2H3. The Kier molecular flexibility index (Phi) is 4.43. The Hall–Kier alpha value is -2.21. The van der Waals surface area contributed by atoms with Crippen LogP contribution in [0, 0.1) is 0 Å². The zero-order valence-electron chi connectivity index (χ0n) is 13.5. The molecule has 0 bridgehead atoms. The Morgan fingerprint density at radius 3 is 2.65 bits per heavy atom. The molecule has 3 rings (SSSR count). The van der Waals surface area contributed by atoms with Crippen LogP contribution in [0.25, 0.3) is 11.4 Å². The summed E-state index contributed by atoms with van der Waals surface area (Å²) in [6, 6.07) is 7.26. The number of likely N-dealkylation sites (tertiary alicyclic amines) is 1. The highest BCUT2D eigenvalue weighted by atomic mass is 16.3. The largest absolute Gasteiger partial charge is 0.391 e. The van der Waals surface area contributed by atoms with Crippen LogP contribution >= 0.6 is 0 Å². The number of aliphatic hydroxyl groups excluding tert-OH is 1. The molecular weight excluding hydrogens is 292 g/mol. The van der Waals surface area contributed by atoms with Gasteiger partial charge < -0.3 is 10.0 Å². The second-order valence-electron chi connectivity index (χ2n) is 6.12. The van der Waals surface area contributed by atoms with Gasteiger partial charge in [0, 0.05) is 24.7 Å². The normalized spacial score (nSPS) is 19.6. The van der Waals surface area contributed by atoms with E-state index in [0.717, 1.165) is 24.8 Å². The van der Waals surface area contributed by atoms with Crippen molar-refractivity contribution in [3.8, 4) is 11.4 Å². The van der Waals surface area contributed by atoms with E-state index in [1.807, 2.05) is 36.2 Å². The monoisotopic (exact) mass is 314 g/mol. The van der Waals surface area contributed by atoms with Crippen LogP contribution in [0.4, 0.5) is 0 Å². The van der Waals surface area contributed by atoms with Gasteiger partial charge in [-0.2, -0.15) is 5.10 Å². The summed E-state index contributed by atoms with van der Waals surface area (Å²) in [6.45, 7) is 2.46. The van der Waals surface area contributed by atoms with Gasteiger partial charge in [0.15, 0.2) is 5.82 Å². The number of aryl methyl sites for hydroxylation is 1. The topological polar surface area (TPSA) is 71.2 Å². The molecule has 2 aromatic rings. The molecule has 1 amide bonds. The summed E-state index contributed by atoms with van der Waals surface area (Å²) in [5.74, 6) is 0.627. The fourth-order valence-electron chi connectivity index (χ4n) is 3.11. The molecule has 1 saturated heterocycles. The predicted molar refractivity (Wildman–Crippen MR) is 86.8 cm³/mol. The summed E-state index contributed by atoms with van der Waals surface area (Å²) in [4.78, 5) is 18.8. The molecule has 1 aliphatic rings. The lowest BCUT2D eigenvalue weighted by atomic mass is 9.97. The first kappa shape index (κ1) is 15.7. The number of piperidine rings is 1. The molecule has 0 spiro atoms. The summed E-state index contributed by atoms with van der Waals surface area (Å²) in [5.41, 5.74) is 1.52. The van der Waals surface area contributed by atoms with Crippen LogP contribution in [0.2, 0.25) is 0 Å². The second-order valence-corrected chi connectivity index (χ2v) is 6.12. The van der Waals surface area contributed by atoms with E-state index in [2.05, 4.69) is 10.1 Å². The van der Waals surface area contributed by atoms with Crippen LogP contribution in [-0.2, 0) is 7.05 Å². The fourth-order valence-corrected chi connectivity index (χ4v) is 3.11. The summed E-state index contributed by atoms with van der Waals surface area (Å²) in [7, 11) is 1.82. The summed E-state index contributed by atoms with van der Waals surface area (Å²) < 4.78 is 1.65. The first-order chi connectivity index (χ1) is 11.1. The number of aromatic nitrogens is 3. The van der Waals surface area contributed by atoms with Crippen LogP contribution in [0.3, 0.4) is 0 Å². The third-order valence-corrected chi connectivity index (χ3v) is 4.36. The summed E-state index contributed by atoms with van der Waals surface area (Å²) in [5, 5.41) is 14.2. The van der Waals surface area contributed by atoms with Gasteiger partial charge in [-0.25, -0.2) is 4.98 Å². The molecule has 0 saturated carbocycles. The van der Waals surface area contributed by atoms with E-state index in [-0.39, 0.29) is 11.9 Å². The molecule has 2 atom stereocenters. The highest BCUT2D eigenvalue weighted by Crippen LogP contribution is 2.23. The maximum absolute atomic E-state index is 12.7. The Balaban J connectivity index is 1.79. The van der Waals surface area contributed by atoms with Crippen molar-refractivity contribution < 1.29 is 9.90 Å². The zero-order valence-corrected chi connectivity index (χ0v) is 13.5. The molecule has 122 valence electrons. The summed E-state index contributed by atoms with van der Waals surface area (Å²) >= 11 is 0. The van der Waals surface area contributed by atoms with Gasteiger partial charge in [-0.1, -0.05) is 12.1 Å². The van der Waals surface area contributed by atoms with E-state index in [1.54, 1.807) is 17.9 Å². The highest BCUT2D eigenvalue weighted by molar-refractivity contribution is 5.95. The molecule has 1 fully saturated rings. The number of hydrogen-bond donors (Lipinski definition) is 1. The molecule has 6 heteroatoms. The Morgan fingerprint density at radius 2 is 2.04 bits per heavy atom. The van der Waals surface area contributed by atoms with E-state index in [4.69, 9.17) is 0 Å². The van der Waals surface area contributed by atoms with Crippen molar-refractivity contribution in [3.05, 3.63) is 36.2 Å². The van der Waals surface area contributed by atoms with Crippen molar-refractivity contribution >= 4 is 5.91 Å². The highest BCUT2D eigenvalue weighted by Gasteiger charge is 2.30. The lowest BCUT2D eigenvalue weighted by Gasteiger charge is -2.37. The fraction of sp³-hybridized carbons (Fsp3) is 0.471. The number of nitrogens with zero attached hydrogens (tertiary/aromatic N) is 4. The minimum absolute atomic E-state index is 0.0175. The summed E-state index contributed by atoms with van der Waals surface area (Å²) in [6.07, 6.45) is 4.06. The van der Waals surface area contributed by atoms with Gasteiger partial charge in [-0.05, 0) is 38.3 Å². The van der Waals surface area contributed by atoms with Crippen molar-refractivity contribution in [1.82, 2.24) is 19.7 Å². The van der Waals surface area contributed by atoms with Gasteiger partial charge in [0.1, 0.15) is 6.33 Å². The average Bonchev–Trinajstić information content (AvgIpc) is 3.01. The van der Waals surface area contributed by atoms with Crippen molar-refractivity contribution in [2.75, 3.05) is 6.54 Å². The molecule has 2 heterocycles. The molecule has 0 aliphatic carbocycles. The second kappa shape index (κ2) is 6.50. The zero-order chi connectivity index (χ0) is 16.4. The maximum Gasteiger partial charge on any atom is 0.254 e. The minimum atomic E-state index is -0.503. The van der Waals surface area contributed by atoms with Gasteiger partial charge in [-0.15, -0.1) is 0 Å². The van der Waals surface area contributed by atoms with Crippen LogP contribution in [0.5, 0.6) is 0 Å². The van der Waals surface area contributed by atoms with E-state index in [0.29, 0.717) is 17.9 Å². The minimum Gasteiger partial charge on any atom is -0.391 e. The molecule has 1 N–H and O–H groups in total. The van der Waals surface area contributed by atoms with Crippen molar-refractivity contribution in [1.29, 1.82) is 0 Å². The third kappa shape index (κ3) is 3.27. The SMILES string of the molecule is CC(O)C1CCCCN1C(=O)c1ccc(-c2ncn(C)n2)cc1. The maximum atomic E-state index is 12.7. The van der Waals surface area contributed by atoms with Gasteiger partial charge in [0.2, 0.25) is 0 Å². The predicted octanol–water partition coefficient (Wildman–Crippen LogP) is 1.86. The Labute approximate surface area is 135 Å². The number of carbonyl (C=O) groups excluding carboxylic acids is 1. The van der Waals surface area contributed by atoms with Gasteiger partial charge in [-0.3, -0.25) is 9.48 Å². The van der Waals surface area contributed by atoms with E-state index in [1.165, 1.54) is 0 Å². The van der Waals surface area contributed by atoms with E-state index < -0.39 is 6.10 Å². The molecule has 23 heavy (non-hydrogen) atoms. The van der Waals surface area contributed by atoms with E-state index >= 15 is 0 Å². The molecule has 1 aromatic carbocycles. The Morgan fingerprint density at radius 1 is 1.30 bits per heavy atom. The molecular formula is C17H22N4O2. The van der Waals surface area contributed by atoms with Crippen LogP contribution in [0.1, 0.15) is 36.5 Å². The quantitative estimate of drug-likeness (QED) is 0.938. The smallest absolute Gasteiger partial charge is 0.254 e. The van der Waals surface area contributed by atoms with Gasteiger partial charge in [0.05, 0.1) is 12.1 Å². The van der Waals surface area contributed by atoms with Gasteiger partial charge in [0.25, 0.3) is 5.91 Å². The number of hydrogen-bond acceptors (Lipinski definition) is 4. The number of amides is 1. The van der Waals surface area contributed by atoms with Crippen molar-refractivity contribution in [2.24, 2.45) is 7.05 Å². The molecule has 1 aromatic heterocycles. The number of carbonyl (C=O) groups is 1. The molecule has 6 nitrogen and oxygen atoms in total. The number of rotatable bonds is 3. The third-order valence-electron chi connectivity index (χ3n) is 4.36. The Bertz CT molecular complexity index is 678. The van der Waals surface area contributed by atoms with Crippen LogP contribution < -0.4 is 0 Å². The van der Waals surface area contributed by atoms with Crippen LogP contribution in [0.15, 0.2) is 30.6 Å². The van der Waals surface area contributed by atoms with Crippen LogP contribution in [-0.4, -0.2) is 49.4 Å². The van der Waals surface area contributed by atoms with Crippen molar-refractivity contribution in [2.45, 2.75) is 38.3 Å². The first-order valence-electron chi connectivity index (χ1n) is 8.01. The lowest BCUT2D eigenvalue weighted by Crippen LogP contribution is -2.48. The lowest BCUT2D eigenvalue weighted by molar-refractivity contribution is 0.0281. The van der Waals surface area contributed by atoms with Gasteiger partial charge >= 0.3 is 0 Å².